The van der Waals surface area contributed by atoms with Crippen molar-refractivity contribution in [3.63, 3.8) is 0 Å². The molecule has 5 nitrogen and oxygen atoms in total. The van der Waals surface area contributed by atoms with E-state index in [9.17, 15) is 9.59 Å². The van der Waals surface area contributed by atoms with Crippen LogP contribution in [-0.2, 0) is 23.8 Å². The van der Waals surface area contributed by atoms with Gasteiger partial charge in [0.1, 0.15) is 6.10 Å². The monoisotopic (exact) mass is 364 g/mol. The van der Waals surface area contributed by atoms with Gasteiger partial charge in [0.2, 0.25) is 5.41 Å². The van der Waals surface area contributed by atoms with Crippen LogP contribution < -0.4 is 0 Å². The highest BCUT2D eigenvalue weighted by Gasteiger charge is 2.61. The van der Waals surface area contributed by atoms with Gasteiger partial charge in [-0.2, -0.15) is 0 Å². The third-order valence-corrected chi connectivity index (χ3v) is 4.65. The third kappa shape index (κ3) is 3.57. The van der Waals surface area contributed by atoms with E-state index >= 15 is 0 Å². The van der Waals surface area contributed by atoms with E-state index in [4.69, 9.17) is 14.2 Å². The number of rotatable bonds is 3. The predicted molar refractivity (Wildman–Crippen MR) is 98.5 cm³/mol. The minimum Gasteiger partial charge on any atom is -0.468 e. The Morgan fingerprint density at radius 1 is 0.963 bits per heavy atom. The van der Waals surface area contributed by atoms with Gasteiger partial charge in [-0.1, -0.05) is 60.4 Å². The van der Waals surface area contributed by atoms with Crippen LogP contribution in [0.1, 0.15) is 23.7 Å². The molecule has 0 N–H and O–H groups in total. The van der Waals surface area contributed by atoms with Crippen LogP contribution in [0.5, 0.6) is 0 Å². The molecule has 1 saturated heterocycles. The molecule has 0 saturated carbocycles. The molecular formula is C22H20O5. The number of hydrogen-bond donors (Lipinski definition) is 0. The summed E-state index contributed by atoms with van der Waals surface area (Å²) in [5, 5.41) is 0. The number of benzene rings is 2. The fraction of sp³-hybridized carbons (Fsp3) is 0.273. The van der Waals surface area contributed by atoms with Gasteiger partial charge in [0.05, 0.1) is 20.3 Å². The Hall–Kier alpha value is -3.10. The van der Waals surface area contributed by atoms with Gasteiger partial charge in [-0.05, 0) is 17.7 Å². The Bertz CT molecular complexity index is 848. The van der Waals surface area contributed by atoms with Crippen molar-refractivity contribution in [1.82, 2.24) is 0 Å². The Morgan fingerprint density at radius 3 is 2.07 bits per heavy atom. The van der Waals surface area contributed by atoms with Gasteiger partial charge in [0.25, 0.3) is 0 Å². The Labute approximate surface area is 158 Å². The van der Waals surface area contributed by atoms with E-state index in [0.29, 0.717) is 0 Å². The first-order chi connectivity index (χ1) is 13.1. The average molecular weight is 364 g/mol. The molecule has 0 radical (unpaired) electrons. The maximum Gasteiger partial charge on any atom is 0.327 e. The first-order valence-electron chi connectivity index (χ1n) is 8.55. The van der Waals surface area contributed by atoms with Crippen molar-refractivity contribution in [2.45, 2.75) is 18.6 Å². The Morgan fingerprint density at radius 2 is 1.52 bits per heavy atom. The lowest BCUT2D eigenvalue weighted by Gasteiger charge is -2.25. The smallest absolute Gasteiger partial charge is 0.327 e. The van der Waals surface area contributed by atoms with Crippen LogP contribution >= 0.6 is 0 Å². The first-order valence-corrected chi connectivity index (χ1v) is 8.55. The van der Waals surface area contributed by atoms with Gasteiger partial charge in [-0.15, -0.1) is 0 Å². The van der Waals surface area contributed by atoms with Crippen molar-refractivity contribution in [2.75, 3.05) is 14.2 Å². The quantitative estimate of drug-likeness (QED) is 0.476. The van der Waals surface area contributed by atoms with E-state index in [0.717, 1.165) is 11.1 Å². The van der Waals surface area contributed by atoms with Crippen LogP contribution in [0.25, 0.3) is 0 Å². The van der Waals surface area contributed by atoms with Gasteiger partial charge < -0.3 is 14.2 Å². The fourth-order valence-corrected chi connectivity index (χ4v) is 3.25. The van der Waals surface area contributed by atoms with Crippen molar-refractivity contribution < 1.29 is 23.8 Å². The summed E-state index contributed by atoms with van der Waals surface area (Å²) < 4.78 is 15.9. The number of ether oxygens (including phenoxy) is 3. The number of carbonyl (C=O) groups excluding carboxylic acids is 2. The molecular weight excluding hydrogens is 344 g/mol. The standard InChI is InChI=1S/C22H20O5/c1-25-20(23)22(21(24)26-2)15-18(17-11-7-4-8-12-17)27-19(22)14-13-16-9-5-3-6-10-16/h3-12,18-19H,15H2,1-2H3/t18-,19-/m1/s1. The normalized spacial score (nSPS) is 20.2. The molecule has 1 aliphatic heterocycles. The largest absolute Gasteiger partial charge is 0.468 e. The van der Waals surface area contributed by atoms with E-state index in [2.05, 4.69) is 11.8 Å². The van der Waals surface area contributed by atoms with Crippen molar-refractivity contribution in [3.8, 4) is 11.8 Å². The fourth-order valence-electron chi connectivity index (χ4n) is 3.25. The van der Waals surface area contributed by atoms with Crippen LogP contribution in [0.2, 0.25) is 0 Å². The molecule has 2 aromatic rings. The summed E-state index contributed by atoms with van der Waals surface area (Å²) >= 11 is 0. The maximum absolute atomic E-state index is 12.7. The highest BCUT2D eigenvalue weighted by molar-refractivity contribution is 6.01. The molecule has 0 spiro atoms. The Kier molecular flexibility index (Phi) is 5.58. The molecule has 27 heavy (non-hydrogen) atoms. The van der Waals surface area contributed by atoms with Crippen LogP contribution in [-0.4, -0.2) is 32.3 Å². The molecule has 1 fully saturated rings. The molecule has 1 aliphatic rings. The lowest BCUT2D eigenvalue weighted by molar-refractivity contribution is -0.171. The topological polar surface area (TPSA) is 61.8 Å². The lowest BCUT2D eigenvalue weighted by Crippen LogP contribution is -2.47. The van der Waals surface area contributed by atoms with Crippen LogP contribution in [0.4, 0.5) is 0 Å². The summed E-state index contributed by atoms with van der Waals surface area (Å²) in [5.74, 6) is 4.51. The lowest BCUT2D eigenvalue weighted by atomic mass is 9.78. The summed E-state index contributed by atoms with van der Waals surface area (Å²) in [6, 6.07) is 18.7. The van der Waals surface area contributed by atoms with Gasteiger partial charge >= 0.3 is 11.9 Å². The van der Waals surface area contributed by atoms with Gasteiger partial charge in [0.15, 0.2) is 0 Å². The molecule has 2 aromatic carbocycles. The molecule has 0 unspecified atom stereocenters. The first kappa shape index (κ1) is 18.7. The zero-order valence-corrected chi connectivity index (χ0v) is 15.2. The number of hydrogen-bond acceptors (Lipinski definition) is 5. The zero-order chi connectivity index (χ0) is 19.3. The highest BCUT2D eigenvalue weighted by Crippen LogP contribution is 2.47. The van der Waals surface area contributed by atoms with E-state index < -0.39 is 29.6 Å². The van der Waals surface area contributed by atoms with Crippen molar-refractivity contribution in [1.29, 1.82) is 0 Å². The summed E-state index contributed by atoms with van der Waals surface area (Å²) in [6.45, 7) is 0. The molecule has 0 aliphatic carbocycles. The van der Waals surface area contributed by atoms with Crippen LogP contribution in [0, 0.1) is 17.3 Å². The molecule has 0 aromatic heterocycles. The average Bonchev–Trinajstić information content (AvgIpc) is 3.13. The minimum atomic E-state index is -1.63. The summed E-state index contributed by atoms with van der Waals surface area (Å²) in [6.07, 6.45) is -1.35. The van der Waals surface area contributed by atoms with Gasteiger partial charge in [0, 0.05) is 12.0 Å². The second-order valence-electron chi connectivity index (χ2n) is 6.21. The zero-order valence-electron chi connectivity index (χ0n) is 15.2. The SMILES string of the molecule is COC(=O)C1(C(=O)OC)C[C@H](c2ccccc2)O[C@@H]1C#Cc1ccccc1. The summed E-state index contributed by atoms with van der Waals surface area (Å²) in [4.78, 5) is 25.3. The Balaban J connectivity index is 2.04. The molecule has 0 bridgehead atoms. The molecule has 2 atom stereocenters. The van der Waals surface area contributed by atoms with Crippen LogP contribution in [0.3, 0.4) is 0 Å². The summed E-state index contributed by atoms with van der Waals surface area (Å²) in [7, 11) is 2.48. The third-order valence-electron chi connectivity index (χ3n) is 4.65. The van der Waals surface area contributed by atoms with Crippen molar-refractivity contribution >= 4 is 11.9 Å². The van der Waals surface area contributed by atoms with Gasteiger partial charge in [-0.25, -0.2) is 0 Å². The van der Waals surface area contributed by atoms with E-state index in [1.54, 1.807) is 0 Å². The molecule has 138 valence electrons. The molecule has 0 amide bonds. The molecule has 1 heterocycles. The molecule has 5 heteroatoms. The van der Waals surface area contributed by atoms with E-state index in [-0.39, 0.29) is 6.42 Å². The number of esters is 2. The minimum absolute atomic E-state index is 0.102. The predicted octanol–water partition coefficient (Wildman–Crippen LogP) is 2.90. The van der Waals surface area contributed by atoms with Gasteiger partial charge in [-0.3, -0.25) is 9.59 Å². The highest BCUT2D eigenvalue weighted by atomic mass is 16.6. The number of methoxy groups -OCH3 is 2. The van der Waals surface area contributed by atoms with Crippen molar-refractivity contribution in [2.24, 2.45) is 5.41 Å². The van der Waals surface area contributed by atoms with E-state index in [1.165, 1.54) is 14.2 Å². The summed E-state index contributed by atoms with van der Waals surface area (Å²) in [5.41, 5.74) is -0.0159. The van der Waals surface area contributed by atoms with E-state index in [1.807, 2.05) is 60.7 Å². The second-order valence-corrected chi connectivity index (χ2v) is 6.21. The number of carbonyl (C=O) groups is 2. The maximum atomic E-state index is 12.7. The second kappa shape index (κ2) is 8.07. The van der Waals surface area contributed by atoms with Crippen molar-refractivity contribution in [3.05, 3.63) is 71.8 Å². The van der Waals surface area contributed by atoms with Crippen LogP contribution in [0.15, 0.2) is 60.7 Å². The molecule has 3 rings (SSSR count).